The van der Waals surface area contributed by atoms with Crippen LogP contribution >= 0.6 is 24.0 Å². The molecule has 0 saturated heterocycles. The lowest BCUT2D eigenvalue weighted by atomic mass is 9.83. The van der Waals surface area contributed by atoms with Crippen LogP contribution in [0.5, 0.6) is 0 Å². The topological polar surface area (TPSA) is 63.5 Å². The van der Waals surface area contributed by atoms with Crippen LogP contribution in [0.2, 0.25) is 0 Å². The number of ether oxygens (including phenoxy) is 1. The zero-order valence-electron chi connectivity index (χ0n) is 19.4. The van der Waals surface area contributed by atoms with Crippen LogP contribution in [0, 0.1) is 19.3 Å². The lowest BCUT2D eigenvalue weighted by Gasteiger charge is -2.30. The van der Waals surface area contributed by atoms with Gasteiger partial charge in [-0.05, 0) is 63.1 Å². The first kappa shape index (κ1) is 25.6. The fourth-order valence-electron chi connectivity index (χ4n) is 4.46. The van der Waals surface area contributed by atoms with Gasteiger partial charge in [-0.2, -0.15) is 5.10 Å². The van der Waals surface area contributed by atoms with E-state index in [9.17, 15) is 0 Å². The Labute approximate surface area is 204 Å². The first-order chi connectivity index (χ1) is 14.6. The predicted molar refractivity (Wildman–Crippen MR) is 139 cm³/mol. The van der Waals surface area contributed by atoms with Crippen molar-refractivity contribution in [1.29, 1.82) is 0 Å². The molecule has 0 bridgehead atoms. The summed E-state index contributed by atoms with van der Waals surface area (Å²) in [5, 5.41) is 11.7. The molecule has 0 atom stereocenters. The number of aromatic nitrogens is 2. The number of hydrogen-bond donors (Lipinski definition) is 2. The summed E-state index contributed by atoms with van der Waals surface area (Å²) in [7, 11) is 1.79. The van der Waals surface area contributed by atoms with Gasteiger partial charge in [0.15, 0.2) is 5.96 Å². The summed E-state index contributed by atoms with van der Waals surface area (Å²) in [5.74, 6) is 0.879. The molecule has 1 saturated carbocycles. The standard InChI is InChI=1S/C24H37N5O.HI/c1-5-25-23(27-18-24(14-15-30-4)12-8-9-13-24)26-17-21-10-6-7-11-22(21)29-20(3)16-19(2)28-29;/h6-7,10-11,16H,5,8-9,12-15,17-18H2,1-4H3,(H2,25,26,27);1H. The summed E-state index contributed by atoms with van der Waals surface area (Å²) in [5.41, 5.74) is 4.74. The van der Waals surface area contributed by atoms with E-state index in [1.54, 1.807) is 7.11 Å². The molecule has 3 rings (SSSR count). The Morgan fingerprint density at radius 1 is 1.19 bits per heavy atom. The highest BCUT2D eigenvalue weighted by Crippen LogP contribution is 2.40. The van der Waals surface area contributed by atoms with Gasteiger partial charge in [0, 0.05) is 32.5 Å². The van der Waals surface area contributed by atoms with Gasteiger partial charge in [0.05, 0.1) is 17.9 Å². The third-order valence-corrected chi connectivity index (χ3v) is 6.11. The molecule has 2 N–H and O–H groups in total. The number of nitrogens with zero attached hydrogens (tertiary/aromatic N) is 3. The fraction of sp³-hybridized carbons (Fsp3) is 0.583. The highest BCUT2D eigenvalue weighted by molar-refractivity contribution is 14.0. The van der Waals surface area contributed by atoms with Crippen LogP contribution in [0.1, 0.15) is 56.0 Å². The van der Waals surface area contributed by atoms with E-state index in [1.165, 1.54) is 25.7 Å². The number of rotatable bonds is 9. The largest absolute Gasteiger partial charge is 0.385 e. The van der Waals surface area contributed by atoms with Crippen LogP contribution < -0.4 is 10.6 Å². The number of nitrogens with one attached hydrogen (secondary N) is 2. The van der Waals surface area contributed by atoms with Gasteiger partial charge in [-0.1, -0.05) is 31.0 Å². The minimum absolute atomic E-state index is 0. The number of hydrogen-bond acceptors (Lipinski definition) is 3. The molecule has 0 unspecified atom stereocenters. The number of benzene rings is 1. The van der Waals surface area contributed by atoms with Crippen LogP contribution in [0.3, 0.4) is 0 Å². The number of aryl methyl sites for hydroxylation is 2. The van der Waals surface area contributed by atoms with Crippen molar-refractivity contribution in [3.63, 3.8) is 0 Å². The molecule has 2 aromatic rings. The lowest BCUT2D eigenvalue weighted by molar-refractivity contribution is 0.138. The molecule has 6 nitrogen and oxygen atoms in total. The van der Waals surface area contributed by atoms with Crippen molar-refractivity contribution in [2.45, 2.75) is 59.4 Å². The van der Waals surface area contributed by atoms with Crippen molar-refractivity contribution in [3.8, 4) is 5.69 Å². The summed E-state index contributed by atoms with van der Waals surface area (Å²) in [4.78, 5) is 4.90. The van der Waals surface area contributed by atoms with Crippen LogP contribution in [-0.4, -0.2) is 42.5 Å². The Hall–Kier alpha value is -1.61. The Morgan fingerprint density at radius 3 is 2.58 bits per heavy atom. The Bertz CT molecular complexity index is 842. The Kier molecular flexibility index (Phi) is 10.3. The first-order valence-electron chi connectivity index (χ1n) is 11.2. The highest BCUT2D eigenvalue weighted by Gasteiger charge is 2.33. The minimum atomic E-state index is 0. The van der Waals surface area contributed by atoms with Gasteiger partial charge in [-0.15, -0.1) is 24.0 Å². The summed E-state index contributed by atoms with van der Waals surface area (Å²) in [6.45, 7) is 9.45. The number of methoxy groups -OCH3 is 1. The smallest absolute Gasteiger partial charge is 0.191 e. The highest BCUT2D eigenvalue weighted by atomic mass is 127. The van der Waals surface area contributed by atoms with E-state index < -0.39 is 0 Å². The summed E-state index contributed by atoms with van der Waals surface area (Å²) in [6, 6.07) is 10.5. The maximum Gasteiger partial charge on any atom is 0.191 e. The molecule has 0 radical (unpaired) electrons. The zero-order chi connectivity index (χ0) is 21.4. The average molecular weight is 540 g/mol. The lowest BCUT2D eigenvalue weighted by Crippen LogP contribution is -2.43. The molecular formula is C24H38IN5O. The van der Waals surface area contributed by atoms with Crippen molar-refractivity contribution in [3.05, 3.63) is 47.3 Å². The summed E-state index contributed by atoms with van der Waals surface area (Å²) >= 11 is 0. The van der Waals surface area contributed by atoms with E-state index in [4.69, 9.17) is 9.73 Å². The Balaban J connectivity index is 0.00000341. The van der Waals surface area contributed by atoms with E-state index in [0.29, 0.717) is 12.0 Å². The van der Waals surface area contributed by atoms with Crippen molar-refractivity contribution >= 4 is 29.9 Å². The van der Waals surface area contributed by atoms with Crippen LogP contribution in [-0.2, 0) is 11.3 Å². The monoisotopic (exact) mass is 539 g/mol. The molecule has 1 aromatic carbocycles. The normalized spacial score (nSPS) is 15.5. The van der Waals surface area contributed by atoms with E-state index >= 15 is 0 Å². The second-order valence-corrected chi connectivity index (χ2v) is 8.47. The molecule has 1 aromatic heterocycles. The summed E-state index contributed by atoms with van der Waals surface area (Å²) in [6.07, 6.45) is 6.27. The molecule has 7 heteroatoms. The maximum absolute atomic E-state index is 5.37. The van der Waals surface area contributed by atoms with Gasteiger partial charge in [0.25, 0.3) is 0 Å². The van der Waals surface area contributed by atoms with Gasteiger partial charge < -0.3 is 15.4 Å². The number of halogens is 1. The van der Waals surface area contributed by atoms with Gasteiger partial charge in [0.2, 0.25) is 0 Å². The first-order valence-corrected chi connectivity index (χ1v) is 11.2. The Morgan fingerprint density at radius 2 is 1.94 bits per heavy atom. The van der Waals surface area contributed by atoms with Crippen molar-refractivity contribution < 1.29 is 4.74 Å². The third-order valence-electron chi connectivity index (χ3n) is 6.11. The SMILES string of the molecule is CCNC(=NCc1ccccc1-n1nc(C)cc1C)NCC1(CCOC)CCCC1.I. The van der Waals surface area contributed by atoms with E-state index in [1.807, 2.05) is 11.6 Å². The van der Waals surface area contributed by atoms with Crippen LogP contribution in [0.25, 0.3) is 5.69 Å². The number of para-hydroxylation sites is 1. The minimum Gasteiger partial charge on any atom is -0.385 e. The second kappa shape index (κ2) is 12.4. The molecule has 1 heterocycles. The molecule has 0 aliphatic heterocycles. The summed E-state index contributed by atoms with van der Waals surface area (Å²) < 4.78 is 7.39. The number of aliphatic imine (C=N–C) groups is 1. The quantitative estimate of drug-likeness (QED) is 0.274. The van der Waals surface area contributed by atoms with Gasteiger partial charge >= 0.3 is 0 Å². The van der Waals surface area contributed by atoms with Crippen molar-refractivity contribution in [2.75, 3.05) is 26.8 Å². The van der Waals surface area contributed by atoms with Crippen molar-refractivity contribution in [2.24, 2.45) is 10.4 Å². The molecule has 1 aliphatic rings. The van der Waals surface area contributed by atoms with E-state index in [0.717, 1.165) is 54.7 Å². The molecule has 0 spiro atoms. The van der Waals surface area contributed by atoms with Crippen LogP contribution in [0.15, 0.2) is 35.3 Å². The molecule has 1 fully saturated rings. The molecule has 1 aliphatic carbocycles. The average Bonchev–Trinajstić information content (AvgIpc) is 3.35. The maximum atomic E-state index is 5.37. The molecule has 31 heavy (non-hydrogen) atoms. The molecule has 172 valence electrons. The van der Waals surface area contributed by atoms with Gasteiger partial charge in [-0.25, -0.2) is 9.67 Å². The van der Waals surface area contributed by atoms with Gasteiger partial charge in [0.1, 0.15) is 0 Å². The number of guanidine groups is 1. The van der Waals surface area contributed by atoms with E-state index in [-0.39, 0.29) is 24.0 Å². The van der Waals surface area contributed by atoms with E-state index in [2.05, 4.69) is 59.9 Å². The molecule has 0 amide bonds. The second-order valence-electron chi connectivity index (χ2n) is 8.47. The zero-order valence-corrected chi connectivity index (χ0v) is 21.7. The molecular weight excluding hydrogens is 501 g/mol. The van der Waals surface area contributed by atoms with Gasteiger partial charge in [-0.3, -0.25) is 0 Å². The van der Waals surface area contributed by atoms with Crippen LogP contribution in [0.4, 0.5) is 0 Å². The van der Waals surface area contributed by atoms with Crippen molar-refractivity contribution in [1.82, 2.24) is 20.4 Å². The predicted octanol–water partition coefficient (Wildman–Crippen LogP) is 4.76. The third kappa shape index (κ3) is 6.94. The fourth-order valence-corrected chi connectivity index (χ4v) is 4.46.